The molecular formula is C54H96O6. The quantitative estimate of drug-likeness (QED) is 0.0263. The van der Waals surface area contributed by atoms with Crippen molar-refractivity contribution in [1.82, 2.24) is 0 Å². The third kappa shape index (κ3) is 46.4. The Bertz CT molecular complexity index is 1060. The summed E-state index contributed by atoms with van der Waals surface area (Å²) in [4.78, 5) is 37.9. The Balaban J connectivity index is 4.38. The molecule has 0 heterocycles. The van der Waals surface area contributed by atoms with Gasteiger partial charge in [0, 0.05) is 19.3 Å². The summed E-state index contributed by atoms with van der Waals surface area (Å²) in [5.41, 5.74) is 0. The SMILES string of the molecule is CC/C=C\C/C=C\C/C=C\C/C=C\CCCCCCC(=O)OCC(COC(=O)CCCCCCCCCCCCC)OC(=O)CCCCCCCCCCCCCCCC. The number of hydrogen-bond donors (Lipinski definition) is 0. The molecule has 1 unspecified atom stereocenters. The number of allylic oxidation sites excluding steroid dienone is 8. The first-order chi connectivity index (χ1) is 29.5. The van der Waals surface area contributed by atoms with Crippen molar-refractivity contribution in [3.05, 3.63) is 48.6 Å². The number of carbonyl (C=O) groups is 3. The first-order valence-electron chi connectivity index (χ1n) is 25.6. The third-order valence-electron chi connectivity index (χ3n) is 11.1. The second kappa shape index (κ2) is 49.0. The lowest BCUT2D eigenvalue weighted by molar-refractivity contribution is -0.167. The number of rotatable bonds is 46. The van der Waals surface area contributed by atoms with Crippen LogP contribution in [0.1, 0.15) is 258 Å². The van der Waals surface area contributed by atoms with Crippen LogP contribution in [0.15, 0.2) is 48.6 Å². The predicted molar refractivity (Wildman–Crippen MR) is 256 cm³/mol. The fraction of sp³-hybridized carbons (Fsp3) is 0.796. The predicted octanol–water partition coefficient (Wildman–Crippen LogP) is 16.7. The van der Waals surface area contributed by atoms with E-state index in [1.165, 1.54) is 122 Å². The van der Waals surface area contributed by atoms with E-state index < -0.39 is 6.10 Å². The third-order valence-corrected chi connectivity index (χ3v) is 11.1. The van der Waals surface area contributed by atoms with E-state index in [9.17, 15) is 14.4 Å². The van der Waals surface area contributed by atoms with Gasteiger partial charge in [-0.15, -0.1) is 0 Å². The maximum absolute atomic E-state index is 12.8. The van der Waals surface area contributed by atoms with Crippen LogP contribution >= 0.6 is 0 Å². The molecule has 0 bridgehead atoms. The fourth-order valence-corrected chi connectivity index (χ4v) is 7.26. The Morgan fingerprint density at radius 2 is 0.650 bits per heavy atom. The van der Waals surface area contributed by atoms with Crippen molar-refractivity contribution in [2.24, 2.45) is 0 Å². The highest BCUT2D eigenvalue weighted by Gasteiger charge is 2.19. The molecule has 0 fully saturated rings. The maximum Gasteiger partial charge on any atom is 0.306 e. The second-order valence-corrected chi connectivity index (χ2v) is 17.1. The van der Waals surface area contributed by atoms with Gasteiger partial charge in [0.2, 0.25) is 0 Å². The molecule has 1 atom stereocenters. The van der Waals surface area contributed by atoms with Crippen LogP contribution in [0.4, 0.5) is 0 Å². The van der Waals surface area contributed by atoms with Crippen molar-refractivity contribution in [3.63, 3.8) is 0 Å². The molecule has 0 N–H and O–H groups in total. The molecule has 0 spiro atoms. The monoisotopic (exact) mass is 841 g/mol. The Morgan fingerprint density at radius 3 is 1.02 bits per heavy atom. The summed E-state index contributed by atoms with van der Waals surface area (Å²) in [5.74, 6) is -0.894. The van der Waals surface area contributed by atoms with Gasteiger partial charge < -0.3 is 14.2 Å². The van der Waals surface area contributed by atoms with Crippen LogP contribution in [0.25, 0.3) is 0 Å². The zero-order chi connectivity index (χ0) is 43.7. The lowest BCUT2D eigenvalue weighted by Gasteiger charge is -2.18. The molecule has 348 valence electrons. The van der Waals surface area contributed by atoms with Crippen molar-refractivity contribution in [3.8, 4) is 0 Å². The molecule has 6 nitrogen and oxygen atoms in total. The minimum Gasteiger partial charge on any atom is -0.462 e. The van der Waals surface area contributed by atoms with Crippen molar-refractivity contribution in [2.75, 3.05) is 13.2 Å². The van der Waals surface area contributed by atoms with E-state index >= 15 is 0 Å². The Labute approximate surface area is 371 Å². The molecule has 0 aromatic heterocycles. The first-order valence-corrected chi connectivity index (χ1v) is 25.6. The zero-order valence-corrected chi connectivity index (χ0v) is 39.7. The van der Waals surface area contributed by atoms with Crippen LogP contribution in [-0.2, 0) is 28.6 Å². The summed E-state index contributed by atoms with van der Waals surface area (Å²) in [5, 5.41) is 0. The molecule has 0 aliphatic heterocycles. The Hall–Kier alpha value is -2.63. The van der Waals surface area contributed by atoms with Crippen molar-refractivity contribution >= 4 is 17.9 Å². The molecule has 0 saturated carbocycles. The van der Waals surface area contributed by atoms with Crippen molar-refractivity contribution < 1.29 is 28.6 Å². The molecule has 0 rings (SSSR count). The number of hydrogen-bond acceptors (Lipinski definition) is 6. The number of ether oxygens (including phenoxy) is 3. The van der Waals surface area contributed by atoms with Gasteiger partial charge >= 0.3 is 17.9 Å². The van der Waals surface area contributed by atoms with E-state index in [2.05, 4.69) is 69.4 Å². The van der Waals surface area contributed by atoms with E-state index in [0.29, 0.717) is 19.3 Å². The summed E-state index contributed by atoms with van der Waals surface area (Å²) in [6.45, 7) is 6.51. The smallest absolute Gasteiger partial charge is 0.306 e. The van der Waals surface area contributed by atoms with Crippen LogP contribution < -0.4 is 0 Å². The molecule has 0 radical (unpaired) electrons. The average molecular weight is 841 g/mol. The van der Waals surface area contributed by atoms with E-state index in [1.54, 1.807) is 0 Å². The highest BCUT2D eigenvalue weighted by molar-refractivity contribution is 5.71. The summed E-state index contributed by atoms with van der Waals surface area (Å²) < 4.78 is 16.8. The standard InChI is InChI=1S/C54H96O6/c1-4-7-10-13-16-19-22-24-26-27-28-30-32-35-38-41-44-47-53(56)59-50-51(49-58-52(55)46-43-40-37-34-31-21-18-15-12-9-6-3)60-54(57)48-45-42-39-36-33-29-25-23-20-17-14-11-8-5-2/h7,10,16,19,24,26,28,30,51H,4-6,8-9,11-15,17-18,20-23,25,27,29,31-50H2,1-3H3/b10-7-,19-16-,26-24-,30-28-. The van der Waals surface area contributed by atoms with Crippen molar-refractivity contribution in [2.45, 2.75) is 264 Å². The lowest BCUT2D eigenvalue weighted by atomic mass is 10.0. The van der Waals surface area contributed by atoms with Crippen LogP contribution in [0.5, 0.6) is 0 Å². The Morgan fingerprint density at radius 1 is 0.350 bits per heavy atom. The number of unbranched alkanes of at least 4 members (excludes halogenated alkanes) is 27. The van der Waals surface area contributed by atoms with Gasteiger partial charge in [0.15, 0.2) is 6.10 Å². The maximum atomic E-state index is 12.8. The molecule has 6 heteroatoms. The molecule has 0 aromatic rings. The molecule has 0 amide bonds. The molecule has 60 heavy (non-hydrogen) atoms. The topological polar surface area (TPSA) is 78.9 Å². The summed E-state index contributed by atoms with van der Waals surface area (Å²) in [6.07, 6.45) is 58.0. The minimum absolute atomic E-state index is 0.0775. The summed E-state index contributed by atoms with van der Waals surface area (Å²) in [6, 6.07) is 0. The number of esters is 3. The largest absolute Gasteiger partial charge is 0.462 e. The normalized spacial score (nSPS) is 12.4. The minimum atomic E-state index is -0.777. The van der Waals surface area contributed by atoms with Crippen LogP contribution in [-0.4, -0.2) is 37.2 Å². The van der Waals surface area contributed by atoms with Crippen LogP contribution in [0.2, 0.25) is 0 Å². The van der Waals surface area contributed by atoms with Gasteiger partial charge in [0.25, 0.3) is 0 Å². The highest BCUT2D eigenvalue weighted by atomic mass is 16.6. The summed E-state index contributed by atoms with van der Waals surface area (Å²) in [7, 11) is 0. The van der Waals surface area contributed by atoms with E-state index in [-0.39, 0.29) is 31.1 Å². The zero-order valence-electron chi connectivity index (χ0n) is 39.7. The van der Waals surface area contributed by atoms with Gasteiger partial charge in [-0.25, -0.2) is 0 Å². The van der Waals surface area contributed by atoms with E-state index in [4.69, 9.17) is 14.2 Å². The molecule has 0 aromatic carbocycles. The highest BCUT2D eigenvalue weighted by Crippen LogP contribution is 2.15. The second-order valence-electron chi connectivity index (χ2n) is 17.1. The van der Waals surface area contributed by atoms with Gasteiger partial charge in [0.05, 0.1) is 0 Å². The molecule has 0 saturated heterocycles. The van der Waals surface area contributed by atoms with E-state index in [1.807, 2.05) is 0 Å². The van der Waals surface area contributed by atoms with E-state index in [0.717, 1.165) is 96.3 Å². The number of carbonyl (C=O) groups excluding carboxylic acids is 3. The van der Waals surface area contributed by atoms with Gasteiger partial charge in [-0.2, -0.15) is 0 Å². The van der Waals surface area contributed by atoms with Gasteiger partial charge in [0.1, 0.15) is 13.2 Å². The first kappa shape index (κ1) is 57.4. The molecule has 0 aliphatic rings. The van der Waals surface area contributed by atoms with Gasteiger partial charge in [-0.1, -0.05) is 230 Å². The lowest BCUT2D eigenvalue weighted by Crippen LogP contribution is -2.30. The van der Waals surface area contributed by atoms with Crippen LogP contribution in [0.3, 0.4) is 0 Å². The molecule has 0 aliphatic carbocycles. The Kier molecular flexibility index (Phi) is 46.9. The average Bonchev–Trinajstić information content (AvgIpc) is 3.24. The molecular weight excluding hydrogens is 745 g/mol. The van der Waals surface area contributed by atoms with Crippen LogP contribution in [0, 0.1) is 0 Å². The summed E-state index contributed by atoms with van der Waals surface area (Å²) >= 11 is 0. The fourth-order valence-electron chi connectivity index (χ4n) is 7.26. The van der Waals surface area contributed by atoms with Crippen molar-refractivity contribution in [1.29, 1.82) is 0 Å². The van der Waals surface area contributed by atoms with Gasteiger partial charge in [-0.3, -0.25) is 14.4 Å². The van der Waals surface area contributed by atoms with Gasteiger partial charge in [-0.05, 0) is 57.8 Å².